The molecule has 5 rings (SSSR count). The SMILES string of the molecule is COc1cccc(/C=N/NC(=O)c2ccc(OC3OCCOC3Oc3ccc(C(=O)N/N=C/c4cccc(OC)c4OC)cc3)cc2)c1OC. The first-order valence-corrected chi connectivity index (χ1v) is 15.3. The lowest BCUT2D eigenvalue weighted by atomic mass is 10.2. The molecule has 4 aromatic carbocycles. The van der Waals surface area contributed by atoms with E-state index >= 15 is 0 Å². The normalized spacial score (nSPS) is 15.7. The number of ether oxygens (including phenoxy) is 8. The molecular formula is C36H36N4O10. The van der Waals surface area contributed by atoms with Crippen LogP contribution in [0.4, 0.5) is 0 Å². The van der Waals surface area contributed by atoms with E-state index in [0.29, 0.717) is 70.0 Å². The van der Waals surface area contributed by atoms with E-state index < -0.39 is 24.4 Å². The molecule has 260 valence electrons. The number of para-hydroxylation sites is 2. The van der Waals surface area contributed by atoms with Crippen LogP contribution in [0.15, 0.2) is 95.1 Å². The number of nitrogens with one attached hydrogen (secondary N) is 2. The van der Waals surface area contributed by atoms with Gasteiger partial charge in [-0.15, -0.1) is 0 Å². The fourth-order valence-electron chi connectivity index (χ4n) is 4.78. The maximum atomic E-state index is 12.7. The Bertz CT molecular complexity index is 1680. The molecule has 1 heterocycles. The van der Waals surface area contributed by atoms with Gasteiger partial charge < -0.3 is 37.9 Å². The Kier molecular flexibility index (Phi) is 12.2. The zero-order valence-corrected chi connectivity index (χ0v) is 27.8. The summed E-state index contributed by atoms with van der Waals surface area (Å²) < 4.78 is 44.8. The Hall–Kier alpha value is -6.12. The molecule has 0 aromatic heterocycles. The Morgan fingerprint density at radius 2 is 1.00 bits per heavy atom. The predicted octanol–water partition coefficient (Wildman–Crippen LogP) is 4.41. The van der Waals surface area contributed by atoms with Crippen molar-refractivity contribution in [1.82, 2.24) is 10.9 Å². The second kappa shape index (κ2) is 17.3. The molecule has 1 aliphatic rings. The average Bonchev–Trinajstić information content (AvgIpc) is 3.15. The molecule has 1 aliphatic heterocycles. The van der Waals surface area contributed by atoms with Crippen LogP contribution in [0.3, 0.4) is 0 Å². The highest BCUT2D eigenvalue weighted by molar-refractivity contribution is 5.96. The van der Waals surface area contributed by atoms with Crippen molar-refractivity contribution >= 4 is 24.2 Å². The molecule has 0 aliphatic carbocycles. The highest BCUT2D eigenvalue weighted by atomic mass is 16.8. The zero-order chi connectivity index (χ0) is 35.3. The van der Waals surface area contributed by atoms with E-state index in [1.54, 1.807) is 99.1 Å². The van der Waals surface area contributed by atoms with Crippen molar-refractivity contribution in [2.75, 3.05) is 41.7 Å². The number of nitrogens with zero attached hydrogens (tertiary/aromatic N) is 2. The summed E-state index contributed by atoms with van der Waals surface area (Å²) in [5.41, 5.74) is 6.98. The molecule has 14 nitrogen and oxygen atoms in total. The van der Waals surface area contributed by atoms with Gasteiger partial charge in [0.25, 0.3) is 24.4 Å². The fourth-order valence-corrected chi connectivity index (χ4v) is 4.78. The van der Waals surface area contributed by atoms with Crippen LogP contribution in [0.1, 0.15) is 31.8 Å². The number of carbonyl (C=O) groups is 2. The van der Waals surface area contributed by atoms with Gasteiger partial charge in [0.1, 0.15) is 11.5 Å². The Labute approximate surface area is 288 Å². The number of methoxy groups -OCH3 is 4. The second-order valence-corrected chi connectivity index (χ2v) is 10.3. The molecule has 1 saturated heterocycles. The molecule has 0 radical (unpaired) electrons. The van der Waals surface area contributed by atoms with Crippen molar-refractivity contribution in [2.24, 2.45) is 10.2 Å². The summed E-state index contributed by atoms with van der Waals surface area (Å²) in [6.45, 7) is 0.588. The summed E-state index contributed by atoms with van der Waals surface area (Å²) in [6.07, 6.45) is 1.13. The molecule has 0 bridgehead atoms. The van der Waals surface area contributed by atoms with Gasteiger partial charge in [0.05, 0.1) is 54.1 Å². The first-order valence-electron chi connectivity index (χ1n) is 15.3. The minimum Gasteiger partial charge on any atom is -0.493 e. The van der Waals surface area contributed by atoms with E-state index in [1.165, 1.54) is 26.6 Å². The maximum Gasteiger partial charge on any atom is 0.271 e. The summed E-state index contributed by atoms with van der Waals surface area (Å²) in [7, 11) is 6.13. The topological polar surface area (TPSA) is 157 Å². The summed E-state index contributed by atoms with van der Waals surface area (Å²) in [5.74, 6) is 2.10. The lowest BCUT2D eigenvalue weighted by Crippen LogP contribution is -2.45. The van der Waals surface area contributed by atoms with Crippen LogP contribution in [0.2, 0.25) is 0 Å². The smallest absolute Gasteiger partial charge is 0.271 e. The molecule has 2 N–H and O–H groups in total. The first kappa shape index (κ1) is 35.2. The number of rotatable bonds is 14. The quantitative estimate of drug-likeness (QED) is 0.144. The van der Waals surface area contributed by atoms with Crippen molar-refractivity contribution in [3.05, 3.63) is 107 Å². The largest absolute Gasteiger partial charge is 0.493 e. The lowest BCUT2D eigenvalue weighted by Gasteiger charge is -2.31. The summed E-state index contributed by atoms with van der Waals surface area (Å²) in [6, 6.07) is 23.5. The molecule has 2 atom stereocenters. The highest BCUT2D eigenvalue weighted by Gasteiger charge is 2.31. The number of hydrogen-bond donors (Lipinski definition) is 2. The standard InChI is InChI=1S/C36H36N4O10/c1-43-29-9-5-7-25(31(29)45-3)21-37-39-33(41)23-11-15-27(16-12-23)49-35-36(48-20-19-47-35)50-28-17-13-24(14-18-28)34(42)40-38-22-26-8-6-10-30(44-2)32(26)46-4/h5-18,21-22,35-36H,19-20H2,1-4H3,(H,39,41)(H,40,42)/b37-21+,38-22+. The van der Waals surface area contributed by atoms with Gasteiger partial charge in [-0.2, -0.15) is 10.2 Å². The van der Waals surface area contributed by atoms with Crippen molar-refractivity contribution in [2.45, 2.75) is 12.6 Å². The van der Waals surface area contributed by atoms with Crippen LogP contribution in [-0.4, -0.2) is 78.5 Å². The molecule has 4 aromatic rings. The molecule has 50 heavy (non-hydrogen) atoms. The van der Waals surface area contributed by atoms with E-state index in [2.05, 4.69) is 21.1 Å². The fraction of sp³-hybridized carbons (Fsp3) is 0.222. The van der Waals surface area contributed by atoms with Gasteiger partial charge in [-0.3, -0.25) is 9.59 Å². The van der Waals surface area contributed by atoms with Crippen LogP contribution in [0.5, 0.6) is 34.5 Å². The first-order chi connectivity index (χ1) is 24.4. The Morgan fingerprint density at radius 1 is 0.600 bits per heavy atom. The summed E-state index contributed by atoms with van der Waals surface area (Å²) in [4.78, 5) is 25.3. The van der Waals surface area contributed by atoms with Crippen LogP contribution < -0.4 is 39.3 Å². The van der Waals surface area contributed by atoms with Crippen LogP contribution >= 0.6 is 0 Å². The van der Waals surface area contributed by atoms with E-state index in [-0.39, 0.29) is 0 Å². The zero-order valence-electron chi connectivity index (χ0n) is 27.8. The van der Waals surface area contributed by atoms with E-state index in [9.17, 15) is 9.59 Å². The number of hydrazone groups is 2. The summed E-state index contributed by atoms with van der Waals surface area (Å²) >= 11 is 0. The second-order valence-electron chi connectivity index (χ2n) is 10.3. The van der Waals surface area contributed by atoms with Crippen molar-refractivity contribution in [3.63, 3.8) is 0 Å². The van der Waals surface area contributed by atoms with Crippen molar-refractivity contribution in [1.29, 1.82) is 0 Å². The number of amides is 2. The number of carbonyl (C=O) groups excluding carboxylic acids is 2. The molecule has 2 unspecified atom stereocenters. The molecule has 0 saturated carbocycles. The minimum absolute atomic E-state index is 0.294. The highest BCUT2D eigenvalue weighted by Crippen LogP contribution is 2.30. The Balaban J connectivity index is 1.14. The van der Waals surface area contributed by atoms with Crippen molar-refractivity contribution in [3.8, 4) is 34.5 Å². The predicted molar refractivity (Wildman–Crippen MR) is 183 cm³/mol. The van der Waals surface area contributed by atoms with Gasteiger partial charge in [0.15, 0.2) is 23.0 Å². The molecule has 14 heteroatoms. The summed E-state index contributed by atoms with van der Waals surface area (Å²) in [5, 5.41) is 8.08. The molecule has 0 spiro atoms. The minimum atomic E-state index is -0.906. The molecule has 1 fully saturated rings. The van der Waals surface area contributed by atoms with Crippen LogP contribution in [0.25, 0.3) is 0 Å². The van der Waals surface area contributed by atoms with Crippen molar-refractivity contribution < 1.29 is 47.5 Å². The monoisotopic (exact) mass is 684 g/mol. The van der Waals surface area contributed by atoms with Gasteiger partial charge in [0, 0.05) is 22.3 Å². The third-order valence-corrected chi connectivity index (χ3v) is 7.21. The number of benzene rings is 4. The molecular weight excluding hydrogens is 648 g/mol. The molecule has 2 amide bonds. The van der Waals surface area contributed by atoms with E-state index in [4.69, 9.17) is 37.9 Å². The van der Waals surface area contributed by atoms with Gasteiger partial charge in [-0.1, -0.05) is 12.1 Å². The van der Waals surface area contributed by atoms with Crippen LogP contribution in [0, 0.1) is 0 Å². The van der Waals surface area contributed by atoms with Gasteiger partial charge in [0.2, 0.25) is 0 Å². The third-order valence-electron chi connectivity index (χ3n) is 7.21. The van der Waals surface area contributed by atoms with Gasteiger partial charge in [-0.25, -0.2) is 10.9 Å². The number of hydrogen-bond acceptors (Lipinski definition) is 12. The van der Waals surface area contributed by atoms with Crippen LogP contribution in [-0.2, 0) is 9.47 Å². The van der Waals surface area contributed by atoms with E-state index in [0.717, 1.165) is 0 Å². The lowest BCUT2D eigenvalue weighted by molar-refractivity contribution is -0.271. The van der Waals surface area contributed by atoms with Gasteiger partial charge >= 0.3 is 0 Å². The third kappa shape index (κ3) is 8.86. The average molecular weight is 685 g/mol. The Morgan fingerprint density at radius 3 is 1.36 bits per heavy atom. The maximum absolute atomic E-state index is 12.7. The van der Waals surface area contributed by atoms with E-state index in [1.807, 2.05) is 0 Å². The van der Waals surface area contributed by atoms with Gasteiger partial charge in [-0.05, 0) is 72.8 Å².